The quantitative estimate of drug-likeness (QED) is 0.552. The number of likely N-dealkylation sites (N-methyl/N-ethyl adjacent to an activating group) is 1. The monoisotopic (exact) mass is 621 g/mol. The van der Waals surface area contributed by atoms with E-state index in [2.05, 4.69) is 15.3 Å². The van der Waals surface area contributed by atoms with Gasteiger partial charge in [0.2, 0.25) is 11.8 Å². The number of nitrogens with one attached hydrogen (secondary N) is 1. The number of carbonyl (C=O) groups excluding carboxylic acids is 4. The van der Waals surface area contributed by atoms with E-state index < -0.39 is 0 Å². The Balaban J connectivity index is 1.42. The van der Waals surface area contributed by atoms with Crippen molar-refractivity contribution in [1.82, 2.24) is 29.8 Å². The zero-order chi connectivity index (χ0) is 32.1. The first kappa shape index (κ1) is 32.5. The summed E-state index contributed by atoms with van der Waals surface area (Å²) in [6.07, 6.45) is 2.64. The lowest BCUT2D eigenvalue weighted by Crippen LogP contribution is -2.47. The van der Waals surface area contributed by atoms with Gasteiger partial charge in [-0.05, 0) is 43.7 Å². The van der Waals surface area contributed by atoms with Gasteiger partial charge in [0.15, 0.2) is 5.69 Å². The highest BCUT2D eigenvalue weighted by molar-refractivity contribution is 6.00. The van der Waals surface area contributed by atoms with Crippen LogP contribution in [0, 0.1) is 5.92 Å². The third-order valence-corrected chi connectivity index (χ3v) is 9.11. The zero-order valence-electron chi connectivity index (χ0n) is 27.1. The van der Waals surface area contributed by atoms with Crippen molar-refractivity contribution in [2.45, 2.75) is 52.0 Å². The van der Waals surface area contributed by atoms with Gasteiger partial charge < -0.3 is 29.7 Å². The van der Waals surface area contributed by atoms with Crippen molar-refractivity contribution >= 4 is 29.3 Å². The van der Waals surface area contributed by atoms with Crippen LogP contribution in [0.1, 0.15) is 65.2 Å². The average Bonchev–Trinajstić information content (AvgIpc) is 3.38. The second kappa shape index (κ2) is 14.4. The predicted molar refractivity (Wildman–Crippen MR) is 170 cm³/mol. The third-order valence-electron chi connectivity index (χ3n) is 9.11. The fraction of sp³-hybridized carbons (Fsp3) is 0.606. The van der Waals surface area contributed by atoms with Gasteiger partial charge in [-0.25, -0.2) is 0 Å². The number of ether oxygens (including phenoxy) is 1. The van der Waals surface area contributed by atoms with Crippen molar-refractivity contribution in [1.29, 1.82) is 0 Å². The Morgan fingerprint density at radius 2 is 1.78 bits per heavy atom. The van der Waals surface area contributed by atoms with Crippen LogP contribution in [0.5, 0.6) is 0 Å². The van der Waals surface area contributed by atoms with Crippen molar-refractivity contribution in [3.05, 3.63) is 46.8 Å². The van der Waals surface area contributed by atoms with Crippen LogP contribution in [0.4, 0.5) is 5.69 Å². The molecular formula is C33H47N7O5. The minimum absolute atomic E-state index is 0.00677. The molecule has 1 fully saturated rings. The molecule has 45 heavy (non-hydrogen) atoms. The van der Waals surface area contributed by atoms with Crippen molar-refractivity contribution < 1.29 is 23.9 Å². The van der Waals surface area contributed by atoms with Crippen LogP contribution in [-0.4, -0.2) is 120 Å². The largest absolute Gasteiger partial charge is 0.378 e. The molecule has 1 atom stereocenters. The van der Waals surface area contributed by atoms with Gasteiger partial charge in [-0.1, -0.05) is 26.0 Å². The number of aromatic nitrogens is 2. The fourth-order valence-corrected chi connectivity index (χ4v) is 6.64. The molecule has 2 bridgehead atoms. The number of hydrogen-bond acceptors (Lipinski definition) is 7. The Morgan fingerprint density at radius 1 is 1.02 bits per heavy atom. The van der Waals surface area contributed by atoms with Gasteiger partial charge in [0, 0.05) is 82.8 Å². The summed E-state index contributed by atoms with van der Waals surface area (Å²) in [6.45, 7) is 8.01. The molecule has 1 aromatic heterocycles. The Bertz CT molecular complexity index is 1400. The molecule has 3 aliphatic rings. The molecule has 1 aliphatic carbocycles. The summed E-state index contributed by atoms with van der Waals surface area (Å²) in [4.78, 5) is 61.8. The standard InChI is InChI=1S/C33H47N7O5/c1-23(2)21-40-22-30(42)36(3)24-11-12-27-26(20-24)31(35-37(27)4)32(43)34-13-15-39(14-7-10-29(40)41)33(44)25-8-5-6-9-28(25)38-16-18-45-19-17-38/h5-6,8-9,23-24H,7,10-22H2,1-4H3,(H,34,43). The molecule has 1 N–H and O–H groups in total. The van der Waals surface area contributed by atoms with E-state index in [0.29, 0.717) is 69.9 Å². The maximum Gasteiger partial charge on any atom is 0.272 e. The number of aryl methyl sites for hydroxylation is 1. The minimum atomic E-state index is -0.287. The molecule has 4 amide bonds. The molecule has 2 aromatic rings. The summed E-state index contributed by atoms with van der Waals surface area (Å²) in [5, 5.41) is 7.56. The molecule has 0 saturated carbocycles. The molecule has 0 radical (unpaired) electrons. The van der Waals surface area contributed by atoms with Gasteiger partial charge in [0.25, 0.3) is 11.8 Å². The van der Waals surface area contributed by atoms with E-state index >= 15 is 0 Å². The maximum absolute atomic E-state index is 14.1. The first-order valence-corrected chi connectivity index (χ1v) is 16.2. The van der Waals surface area contributed by atoms with Crippen LogP contribution in [0.25, 0.3) is 0 Å². The molecular weight excluding hydrogens is 574 g/mol. The van der Waals surface area contributed by atoms with E-state index in [1.165, 1.54) is 0 Å². The highest BCUT2D eigenvalue weighted by Crippen LogP contribution is 2.27. The number of rotatable bonds is 4. The summed E-state index contributed by atoms with van der Waals surface area (Å²) in [5.41, 5.74) is 3.67. The fourth-order valence-electron chi connectivity index (χ4n) is 6.64. The van der Waals surface area contributed by atoms with Crippen molar-refractivity contribution in [3.8, 4) is 0 Å². The van der Waals surface area contributed by atoms with Crippen molar-refractivity contribution in [2.24, 2.45) is 13.0 Å². The Hall–Kier alpha value is -3.93. The van der Waals surface area contributed by atoms with Gasteiger partial charge in [-0.2, -0.15) is 5.10 Å². The number of amides is 4. The van der Waals surface area contributed by atoms with E-state index in [1.807, 2.05) is 45.2 Å². The number of anilines is 1. The summed E-state index contributed by atoms with van der Waals surface area (Å²) in [6, 6.07) is 7.49. The van der Waals surface area contributed by atoms with Crippen molar-refractivity contribution in [2.75, 3.05) is 71.0 Å². The molecule has 0 spiro atoms. The SMILES string of the molecule is CC(C)CN1CC(=O)N(C)C2CCc3c(c(nn3C)C(=O)NCCN(C(=O)c3ccccc3N3CCOCC3)CCCC1=O)C2. The number of morpholine rings is 1. The number of benzene rings is 1. The average molecular weight is 622 g/mol. The van der Waals surface area contributed by atoms with E-state index in [0.717, 1.165) is 23.4 Å². The van der Waals surface area contributed by atoms with E-state index in [9.17, 15) is 19.2 Å². The summed E-state index contributed by atoms with van der Waals surface area (Å²) >= 11 is 0. The highest BCUT2D eigenvalue weighted by atomic mass is 16.5. The van der Waals surface area contributed by atoms with Gasteiger partial charge in [0.05, 0.1) is 25.3 Å². The summed E-state index contributed by atoms with van der Waals surface area (Å²) < 4.78 is 7.29. The lowest BCUT2D eigenvalue weighted by atomic mass is 9.90. The second-order valence-electron chi connectivity index (χ2n) is 12.7. The Labute approximate surface area is 265 Å². The van der Waals surface area contributed by atoms with Gasteiger partial charge >= 0.3 is 0 Å². The molecule has 12 heteroatoms. The van der Waals surface area contributed by atoms with Crippen LogP contribution in [0.2, 0.25) is 0 Å². The number of nitrogens with zero attached hydrogens (tertiary/aromatic N) is 6. The molecule has 1 saturated heterocycles. The van der Waals surface area contributed by atoms with E-state index in [4.69, 9.17) is 4.74 Å². The Morgan fingerprint density at radius 3 is 2.53 bits per heavy atom. The van der Waals surface area contributed by atoms with E-state index in [-0.39, 0.29) is 61.6 Å². The first-order chi connectivity index (χ1) is 21.6. The first-order valence-electron chi connectivity index (χ1n) is 16.2. The van der Waals surface area contributed by atoms with Crippen molar-refractivity contribution in [3.63, 3.8) is 0 Å². The molecule has 3 heterocycles. The van der Waals surface area contributed by atoms with Crippen LogP contribution in [0.15, 0.2) is 24.3 Å². The zero-order valence-corrected chi connectivity index (χ0v) is 27.1. The number of carbonyl (C=O) groups is 4. The predicted octanol–water partition coefficient (Wildman–Crippen LogP) is 1.72. The lowest BCUT2D eigenvalue weighted by molar-refractivity contribution is -0.141. The highest BCUT2D eigenvalue weighted by Gasteiger charge is 2.33. The number of para-hydroxylation sites is 1. The normalized spacial score (nSPS) is 20.8. The van der Waals surface area contributed by atoms with Gasteiger partial charge in [-0.15, -0.1) is 0 Å². The maximum atomic E-state index is 14.1. The van der Waals surface area contributed by atoms with Crippen LogP contribution in [-0.2, 0) is 34.2 Å². The smallest absolute Gasteiger partial charge is 0.272 e. The molecule has 12 nitrogen and oxygen atoms in total. The van der Waals surface area contributed by atoms with Gasteiger partial charge in [0.1, 0.15) is 0 Å². The van der Waals surface area contributed by atoms with Gasteiger partial charge in [-0.3, -0.25) is 23.9 Å². The molecule has 244 valence electrons. The van der Waals surface area contributed by atoms with E-state index in [1.54, 1.807) is 26.4 Å². The second-order valence-corrected chi connectivity index (χ2v) is 12.7. The van der Waals surface area contributed by atoms with Crippen LogP contribution >= 0.6 is 0 Å². The molecule has 2 aliphatic heterocycles. The molecule has 1 aromatic carbocycles. The molecule has 5 rings (SSSR count). The summed E-state index contributed by atoms with van der Waals surface area (Å²) in [5.74, 6) is -0.447. The third kappa shape index (κ3) is 7.49. The number of fused-ring (bicyclic) bond motifs is 1. The summed E-state index contributed by atoms with van der Waals surface area (Å²) in [7, 11) is 3.64. The Kier molecular flexibility index (Phi) is 10.4. The van der Waals surface area contributed by atoms with Crippen LogP contribution in [0.3, 0.4) is 0 Å². The lowest BCUT2D eigenvalue weighted by Gasteiger charge is -2.34. The number of hydrogen-bond donors (Lipinski definition) is 1. The molecule has 1 unspecified atom stereocenters. The van der Waals surface area contributed by atoms with Crippen LogP contribution < -0.4 is 10.2 Å². The minimum Gasteiger partial charge on any atom is -0.378 e. The topological polar surface area (TPSA) is 120 Å².